The Hall–Kier alpha value is -1.72. The Bertz CT molecular complexity index is 520. The lowest BCUT2D eigenvalue weighted by Crippen LogP contribution is -2.43. The summed E-state index contributed by atoms with van der Waals surface area (Å²) in [4.78, 5) is 18.2. The van der Waals surface area contributed by atoms with Crippen LogP contribution in [0.15, 0.2) is 37.2 Å². The lowest BCUT2D eigenvalue weighted by atomic mass is 10.0. The average molecular weight is 302 g/mol. The molecule has 0 radical (unpaired) electrons. The number of hydrogen-bond donors (Lipinski definition) is 0. The van der Waals surface area contributed by atoms with Crippen LogP contribution in [0.4, 0.5) is 0 Å². The normalized spacial score (nSPS) is 27.5. The first-order chi connectivity index (χ1) is 10.8. The molecule has 3 heterocycles. The second kappa shape index (κ2) is 7.03. The standard InChI is InChI=1S/C17H22N2O3/c1-2-4-16(20)19-11-15(17-14(19)5-3-10-21-17)22-12-13-6-8-18-9-7-13/h2,6-9,14-15,17H,1,3-5,10-12H2/t14-,15-,17+/m1/s1. The minimum atomic E-state index is -0.0627. The zero-order valence-electron chi connectivity index (χ0n) is 12.7. The lowest BCUT2D eigenvalue weighted by Gasteiger charge is -2.32. The fourth-order valence-corrected chi connectivity index (χ4v) is 3.27. The first kappa shape index (κ1) is 15.2. The van der Waals surface area contributed by atoms with E-state index in [1.807, 2.05) is 17.0 Å². The number of pyridine rings is 1. The van der Waals surface area contributed by atoms with Gasteiger partial charge in [0.15, 0.2) is 0 Å². The van der Waals surface area contributed by atoms with Crippen molar-refractivity contribution in [3.63, 3.8) is 0 Å². The molecule has 5 heteroatoms. The van der Waals surface area contributed by atoms with Crippen molar-refractivity contribution in [2.45, 2.75) is 44.1 Å². The van der Waals surface area contributed by atoms with E-state index in [-0.39, 0.29) is 24.2 Å². The van der Waals surface area contributed by atoms with Gasteiger partial charge in [-0.25, -0.2) is 0 Å². The van der Waals surface area contributed by atoms with E-state index in [1.54, 1.807) is 18.5 Å². The van der Waals surface area contributed by atoms with E-state index in [1.165, 1.54) is 0 Å². The summed E-state index contributed by atoms with van der Waals surface area (Å²) in [5.41, 5.74) is 1.08. The van der Waals surface area contributed by atoms with Crippen LogP contribution in [0.1, 0.15) is 24.8 Å². The highest BCUT2D eigenvalue weighted by atomic mass is 16.5. The van der Waals surface area contributed by atoms with Crippen LogP contribution in [0.2, 0.25) is 0 Å². The van der Waals surface area contributed by atoms with E-state index < -0.39 is 0 Å². The number of likely N-dealkylation sites (tertiary alicyclic amines) is 1. The van der Waals surface area contributed by atoms with Gasteiger partial charge in [0.1, 0.15) is 12.2 Å². The van der Waals surface area contributed by atoms with Crippen LogP contribution >= 0.6 is 0 Å². The molecule has 2 fully saturated rings. The van der Waals surface area contributed by atoms with Gasteiger partial charge >= 0.3 is 0 Å². The summed E-state index contributed by atoms with van der Waals surface area (Å²) in [5.74, 6) is 0.116. The maximum absolute atomic E-state index is 12.3. The van der Waals surface area contributed by atoms with Crippen LogP contribution in [-0.4, -0.2) is 47.2 Å². The largest absolute Gasteiger partial charge is 0.373 e. The third kappa shape index (κ3) is 3.20. The molecule has 1 aromatic heterocycles. The molecule has 1 aromatic rings. The number of amides is 1. The molecule has 0 spiro atoms. The molecule has 2 aliphatic heterocycles. The molecular weight excluding hydrogens is 280 g/mol. The van der Waals surface area contributed by atoms with Crippen LogP contribution in [0.25, 0.3) is 0 Å². The summed E-state index contributed by atoms with van der Waals surface area (Å²) in [6.07, 6.45) is 7.46. The van der Waals surface area contributed by atoms with Crippen molar-refractivity contribution in [2.75, 3.05) is 13.2 Å². The highest BCUT2D eigenvalue weighted by molar-refractivity contribution is 5.78. The van der Waals surface area contributed by atoms with Gasteiger partial charge in [-0.15, -0.1) is 6.58 Å². The van der Waals surface area contributed by atoms with Gasteiger partial charge in [0.2, 0.25) is 5.91 Å². The highest BCUT2D eigenvalue weighted by Crippen LogP contribution is 2.31. The number of nitrogens with zero attached hydrogens (tertiary/aromatic N) is 2. The molecule has 0 N–H and O–H groups in total. The zero-order valence-corrected chi connectivity index (χ0v) is 12.7. The molecule has 3 atom stereocenters. The van der Waals surface area contributed by atoms with Crippen LogP contribution in [0.5, 0.6) is 0 Å². The predicted molar refractivity (Wildman–Crippen MR) is 82.1 cm³/mol. The fraction of sp³-hybridized carbons (Fsp3) is 0.529. The van der Waals surface area contributed by atoms with Crippen molar-refractivity contribution in [2.24, 2.45) is 0 Å². The number of carbonyl (C=O) groups excluding carboxylic acids is 1. The van der Waals surface area contributed by atoms with Gasteiger partial charge in [-0.1, -0.05) is 6.08 Å². The zero-order chi connectivity index (χ0) is 15.4. The predicted octanol–water partition coefficient (Wildman–Crippen LogP) is 1.93. The summed E-state index contributed by atoms with van der Waals surface area (Å²) in [5, 5.41) is 0. The summed E-state index contributed by atoms with van der Waals surface area (Å²) in [7, 11) is 0. The number of rotatable bonds is 5. The first-order valence-electron chi connectivity index (χ1n) is 7.82. The lowest BCUT2D eigenvalue weighted by molar-refractivity contribution is -0.133. The molecule has 0 unspecified atom stereocenters. The fourth-order valence-electron chi connectivity index (χ4n) is 3.27. The Kier molecular flexibility index (Phi) is 4.85. The quantitative estimate of drug-likeness (QED) is 0.780. The van der Waals surface area contributed by atoms with Crippen molar-refractivity contribution >= 4 is 5.91 Å². The van der Waals surface area contributed by atoms with Gasteiger partial charge in [0, 0.05) is 32.0 Å². The summed E-state index contributed by atoms with van der Waals surface area (Å²) in [6.45, 7) is 5.53. The Morgan fingerprint density at radius 3 is 3.09 bits per heavy atom. The third-order valence-corrected chi connectivity index (χ3v) is 4.33. The van der Waals surface area contributed by atoms with Gasteiger partial charge in [-0.2, -0.15) is 0 Å². The number of fused-ring (bicyclic) bond motifs is 1. The van der Waals surface area contributed by atoms with E-state index >= 15 is 0 Å². The topological polar surface area (TPSA) is 51.7 Å². The van der Waals surface area contributed by atoms with Crippen LogP contribution < -0.4 is 0 Å². The van der Waals surface area contributed by atoms with Crippen LogP contribution in [0.3, 0.4) is 0 Å². The van der Waals surface area contributed by atoms with E-state index in [4.69, 9.17) is 9.47 Å². The van der Waals surface area contributed by atoms with Gasteiger partial charge in [-0.05, 0) is 30.5 Å². The Morgan fingerprint density at radius 2 is 2.32 bits per heavy atom. The minimum Gasteiger partial charge on any atom is -0.373 e. The smallest absolute Gasteiger partial charge is 0.226 e. The molecule has 1 amide bonds. The van der Waals surface area contributed by atoms with E-state index in [2.05, 4.69) is 11.6 Å². The molecule has 2 aliphatic rings. The molecular formula is C17H22N2O3. The third-order valence-electron chi connectivity index (χ3n) is 4.33. The minimum absolute atomic E-state index is 0.00986. The molecule has 0 aliphatic carbocycles. The van der Waals surface area contributed by atoms with Crippen molar-refractivity contribution in [1.82, 2.24) is 9.88 Å². The van der Waals surface area contributed by atoms with E-state index in [0.717, 1.165) is 25.0 Å². The molecule has 2 saturated heterocycles. The Balaban J connectivity index is 1.66. The SMILES string of the molecule is C=CCC(=O)N1C[C@@H](OCc2ccncc2)[C@H]2OCCC[C@H]21. The maximum atomic E-state index is 12.3. The molecule has 118 valence electrons. The number of aromatic nitrogens is 1. The van der Waals surface area contributed by atoms with Crippen LogP contribution in [0, 0.1) is 0 Å². The van der Waals surface area contributed by atoms with Crippen molar-refractivity contribution < 1.29 is 14.3 Å². The molecule has 5 nitrogen and oxygen atoms in total. The van der Waals surface area contributed by atoms with Gasteiger partial charge < -0.3 is 14.4 Å². The molecule has 22 heavy (non-hydrogen) atoms. The summed E-state index contributed by atoms with van der Waals surface area (Å²) in [6, 6.07) is 4.02. The maximum Gasteiger partial charge on any atom is 0.226 e. The van der Waals surface area contributed by atoms with Gasteiger partial charge in [-0.3, -0.25) is 9.78 Å². The molecule has 0 aromatic carbocycles. The van der Waals surface area contributed by atoms with Crippen molar-refractivity contribution in [1.29, 1.82) is 0 Å². The number of carbonyl (C=O) groups is 1. The monoisotopic (exact) mass is 302 g/mol. The van der Waals surface area contributed by atoms with Crippen molar-refractivity contribution in [3.8, 4) is 0 Å². The molecule has 0 saturated carbocycles. The van der Waals surface area contributed by atoms with Crippen molar-refractivity contribution in [3.05, 3.63) is 42.7 Å². The Labute approximate surface area is 130 Å². The van der Waals surface area contributed by atoms with E-state index in [0.29, 0.717) is 19.6 Å². The molecule has 3 rings (SSSR count). The average Bonchev–Trinajstić information content (AvgIpc) is 2.93. The van der Waals surface area contributed by atoms with E-state index in [9.17, 15) is 4.79 Å². The summed E-state index contributed by atoms with van der Waals surface area (Å²) >= 11 is 0. The number of ether oxygens (including phenoxy) is 2. The molecule has 0 bridgehead atoms. The van der Waals surface area contributed by atoms with Gasteiger partial charge in [0.25, 0.3) is 0 Å². The van der Waals surface area contributed by atoms with Gasteiger partial charge in [0.05, 0.1) is 12.6 Å². The first-order valence-corrected chi connectivity index (χ1v) is 7.82. The van der Waals surface area contributed by atoms with Crippen LogP contribution in [-0.2, 0) is 20.9 Å². The highest BCUT2D eigenvalue weighted by Gasteiger charge is 2.46. The summed E-state index contributed by atoms with van der Waals surface area (Å²) < 4.78 is 11.9. The Morgan fingerprint density at radius 1 is 1.50 bits per heavy atom. The second-order valence-electron chi connectivity index (χ2n) is 5.79. The number of hydrogen-bond acceptors (Lipinski definition) is 4. The second-order valence-corrected chi connectivity index (χ2v) is 5.79.